The van der Waals surface area contributed by atoms with E-state index in [9.17, 15) is 14.7 Å². The molecule has 5 heteroatoms. The summed E-state index contributed by atoms with van der Waals surface area (Å²) in [5.41, 5.74) is 0.429. The summed E-state index contributed by atoms with van der Waals surface area (Å²) in [6.45, 7) is 1.78. The zero-order valence-corrected chi connectivity index (χ0v) is 9.14. The summed E-state index contributed by atoms with van der Waals surface area (Å²) < 4.78 is 4.58. The molecular weight excluding hydrogens is 210 g/mol. The van der Waals surface area contributed by atoms with Crippen molar-refractivity contribution in [1.82, 2.24) is 0 Å². The van der Waals surface area contributed by atoms with Gasteiger partial charge < -0.3 is 14.7 Å². The second kappa shape index (κ2) is 5.16. The fourth-order valence-corrected chi connectivity index (χ4v) is 1.15. The highest BCUT2D eigenvalue weighted by Gasteiger charge is 2.21. The van der Waals surface area contributed by atoms with Crippen LogP contribution in [-0.2, 0) is 14.3 Å². The molecule has 0 saturated heterocycles. The molecule has 0 radical (unpaired) electrons. The van der Waals surface area contributed by atoms with Gasteiger partial charge in [-0.05, 0) is 19.1 Å². The molecule has 0 aliphatic heterocycles. The number of aromatic hydroxyl groups is 1. The molecule has 0 fully saturated rings. The van der Waals surface area contributed by atoms with Gasteiger partial charge in [-0.2, -0.15) is 0 Å². The monoisotopic (exact) mass is 223 g/mol. The van der Waals surface area contributed by atoms with Gasteiger partial charge in [0.1, 0.15) is 5.75 Å². The molecule has 0 heterocycles. The Morgan fingerprint density at radius 1 is 1.44 bits per heavy atom. The minimum atomic E-state index is -0.909. The molecule has 0 aliphatic rings. The van der Waals surface area contributed by atoms with E-state index < -0.39 is 11.9 Å². The SMILES string of the molecule is CCOC(=O)C(=O)N(C)c1cccc(O)c1. The average molecular weight is 223 g/mol. The van der Waals surface area contributed by atoms with Crippen molar-refractivity contribution in [2.75, 3.05) is 18.6 Å². The molecule has 0 saturated carbocycles. The first-order valence-corrected chi connectivity index (χ1v) is 4.80. The Morgan fingerprint density at radius 3 is 2.69 bits per heavy atom. The second-order valence-electron chi connectivity index (χ2n) is 3.10. The summed E-state index contributed by atoms with van der Waals surface area (Å²) in [5, 5.41) is 9.23. The van der Waals surface area contributed by atoms with Gasteiger partial charge in [0.05, 0.1) is 6.61 Å². The van der Waals surface area contributed by atoms with Crippen LogP contribution < -0.4 is 4.90 Å². The van der Waals surface area contributed by atoms with Crippen LogP contribution in [-0.4, -0.2) is 30.6 Å². The summed E-state index contributed by atoms with van der Waals surface area (Å²) in [4.78, 5) is 23.8. The number of phenolic OH excluding ortho intramolecular Hbond substituents is 1. The highest BCUT2D eigenvalue weighted by atomic mass is 16.5. The summed E-state index contributed by atoms with van der Waals surface area (Å²) in [7, 11) is 1.44. The van der Waals surface area contributed by atoms with E-state index in [-0.39, 0.29) is 12.4 Å². The Balaban J connectivity index is 2.82. The van der Waals surface area contributed by atoms with E-state index in [2.05, 4.69) is 4.74 Å². The molecule has 5 nitrogen and oxygen atoms in total. The van der Waals surface area contributed by atoms with Gasteiger partial charge in [0, 0.05) is 18.8 Å². The quantitative estimate of drug-likeness (QED) is 0.598. The van der Waals surface area contributed by atoms with Crippen molar-refractivity contribution in [2.45, 2.75) is 6.92 Å². The third-order valence-corrected chi connectivity index (χ3v) is 1.97. The fourth-order valence-electron chi connectivity index (χ4n) is 1.15. The molecule has 1 N–H and O–H groups in total. The Morgan fingerprint density at radius 2 is 2.12 bits per heavy atom. The second-order valence-corrected chi connectivity index (χ2v) is 3.10. The Kier molecular flexibility index (Phi) is 3.88. The van der Waals surface area contributed by atoms with E-state index in [4.69, 9.17) is 0 Å². The zero-order chi connectivity index (χ0) is 12.1. The maximum atomic E-state index is 11.5. The molecule has 0 bridgehead atoms. The Bertz CT molecular complexity index is 403. The van der Waals surface area contributed by atoms with Crippen LogP contribution >= 0.6 is 0 Å². The number of benzene rings is 1. The van der Waals surface area contributed by atoms with Gasteiger partial charge in [0.2, 0.25) is 0 Å². The molecule has 1 aromatic rings. The Hall–Kier alpha value is -2.04. The third kappa shape index (κ3) is 2.73. The van der Waals surface area contributed by atoms with Crippen molar-refractivity contribution in [1.29, 1.82) is 0 Å². The lowest BCUT2D eigenvalue weighted by molar-refractivity contribution is -0.153. The van der Waals surface area contributed by atoms with Crippen molar-refractivity contribution in [2.24, 2.45) is 0 Å². The van der Waals surface area contributed by atoms with Crippen LogP contribution in [0.3, 0.4) is 0 Å². The first-order chi connectivity index (χ1) is 7.56. The lowest BCUT2D eigenvalue weighted by Gasteiger charge is -2.15. The molecule has 1 rings (SSSR count). The number of anilines is 1. The van der Waals surface area contributed by atoms with Gasteiger partial charge in [-0.15, -0.1) is 0 Å². The van der Waals surface area contributed by atoms with Crippen LogP contribution in [0.25, 0.3) is 0 Å². The highest BCUT2D eigenvalue weighted by molar-refractivity contribution is 6.37. The van der Waals surface area contributed by atoms with Gasteiger partial charge in [-0.3, -0.25) is 4.79 Å². The maximum Gasteiger partial charge on any atom is 0.397 e. The van der Waals surface area contributed by atoms with Crippen LogP contribution in [0.4, 0.5) is 5.69 Å². The number of carbonyl (C=O) groups excluding carboxylic acids is 2. The fraction of sp³-hybridized carbons (Fsp3) is 0.273. The van der Waals surface area contributed by atoms with Crippen LogP contribution in [0.1, 0.15) is 6.92 Å². The highest BCUT2D eigenvalue weighted by Crippen LogP contribution is 2.18. The summed E-state index contributed by atoms with van der Waals surface area (Å²) in [6, 6.07) is 6.06. The lowest BCUT2D eigenvalue weighted by Crippen LogP contribution is -2.34. The smallest absolute Gasteiger partial charge is 0.397 e. The zero-order valence-electron chi connectivity index (χ0n) is 9.14. The van der Waals surface area contributed by atoms with Gasteiger partial charge in [0.15, 0.2) is 0 Å². The number of phenols is 1. The minimum Gasteiger partial charge on any atom is -0.508 e. The molecular formula is C11H13NO4. The molecule has 0 spiro atoms. The molecule has 1 amide bonds. The predicted molar refractivity (Wildman–Crippen MR) is 58.1 cm³/mol. The molecule has 16 heavy (non-hydrogen) atoms. The van der Waals surface area contributed by atoms with Crippen LogP contribution in [0, 0.1) is 0 Å². The van der Waals surface area contributed by atoms with Crippen molar-refractivity contribution in [3.8, 4) is 5.75 Å². The number of ether oxygens (including phenoxy) is 1. The number of hydrogen-bond acceptors (Lipinski definition) is 4. The summed E-state index contributed by atoms with van der Waals surface area (Å²) in [5.74, 6) is -1.65. The summed E-state index contributed by atoms with van der Waals surface area (Å²) in [6.07, 6.45) is 0. The van der Waals surface area contributed by atoms with E-state index in [1.54, 1.807) is 19.1 Å². The van der Waals surface area contributed by atoms with Gasteiger partial charge in [0.25, 0.3) is 0 Å². The third-order valence-electron chi connectivity index (χ3n) is 1.97. The number of rotatable bonds is 2. The van der Waals surface area contributed by atoms with Crippen molar-refractivity contribution in [3.63, 3.8) is 0 Å². The van der Waals surface area contributed by atoms with Crippen LogP contribution in [0.5, 0.6) is 5.75 Å². The molecule has 1 aromatic carbocycles. The molecule has 0 atom stereocenters. The predicted octanol–water partition coefficient (Wildman–Crippen LogP) is 0.918. The van der Waals surface area contributed by atoms with E-state index in [1.807, 2.05) is 0 Å². The molecule has 0 aliphatic carbocycles. The Labute approximate surface area is 93.2 Å². The largest absolute Gasteiger partial charge is 0.508 e. The van der Waals surface area contributed by atoms with E-state index in [0.29, 0.717) is 5.69 Å². The number of carbonyl (C=O) groups is 2. The van der Waals surface area contributed by atoms with E-state index >= 15 is 0 Å². The number of amides is 1. The lowest BCUT2D eigenvalue weighted by atomic mass is 10.3. The average Bonchev–Trinajstić information content (AvgIpc) is 2.27. The topological polar surface area (TPSA) is 66.8 Å². The number of likely N-dealkylation sites (N-methyl/N-ethyl adjacent to an activating group) is 1. The van der Waals surface area contributed by atoms with Gasteiger partial charge in [-0.25, -0.2) is 4.79 Å². The van der Waals surface area contributed by atoms with E-state index in [1.165, 1.54) is 19.2 Å². The normalized spacial score (nSPS) is 9.62. The maximum absolute atomic E-state index is 11.5. The number of nitrogens with zero attached hydrogens (tertiary/aromatic N) is 1. The number of hydrogen-bond donors (Lipinski definition) is 1. The standard InChI is InChI=1S/C11H13NO4/c1-3-16-11(15)10(14)12(2)8-5-4-6-9(13)7-8/h4-7,13H,3H2,1-2H3. The van der Waals surface area contributed by atoms with Gasteiger partial charge in [-0.1, -0.05) is 6.07 Å². The molecule has 0 unspecified atom stereocenters. The minimum absolute atomic E-state index is 0.0287. The first-order valence-electron chi connectivity index (χ1n) is 4.80. The van der Waals surface area contributed by atoms with Crippen LogP contribution in [0.15, 0.2) is 24.3 Å². The first kappa shape index (κ1) is 12.0. The van der Waals surface area contributed by atoms with Crippen molar-refractivity contribution >= 4 is 17.6 Å². The molecule has 0 aromatic heterocycles. The number of esters is 1. The molecule has 86 valence electrons. The van der Waals surface area contributed by atoms with Crippen LogP contribution in [0.2, 0.25) is 0 Å². The van der Waals surface area contributed by atoms with E-state index in [0.717, 1.165) is 4.90 Å². The van der Waals surface area contributed by atoms with Crippen molar-refractivity contribution in [3.05, 3.63) is 24.3 Å². The van der Waals surface area contributed by atoms with Gasteiger partial charge >= 0.3 is 11.9 Å². The summed E-state index contributed by atoms with van der Waals surface area (Å²) >= 11 is 0. The van der Waals surface area contributed by atoms with Crippen molar-refractivity contribution < 1.29 is 19.4 Å².